The molecule has 1 aliphatic heterocycles. The molecule has 1 amide bonds. The molecular weight excluding hydrogens is 278 g/mol. The Hall–Kier alpha value is -2.21. The molecule has 2 atom stereocenters. The molecule has 1 fully saturated rings. The zero-order valence-electron chi connectivity index (χ0n) is 12.7. The van der Waals surface area contributed by atoms with Crippen molar-refractivity contribution in [2.75, 3.05) is 13.1 Å². The lowest BCUT2D eigenvalue weighted by atomic mass is 9.90. The molecule has 0 spiro atoms. The van der Waals surface area contributed by atoms with E-state index in [2.05, 4.69) is 17.0 Å². The number of amides is 1. The molecule has 1 aromatic heterocycles. The number of carbonyl (C=O) groups is 1. The van der Waals surface area contributed by atoms with Crippen molar-refractivity contribution in [3.8, 4) is 5.69 Å². The van der Waals surface area contributed by atoms with Gasteiger partial charge >= 0.3 is 0 Å². The first-order valence-electron chi connectivity index (χ1n) is 7.67. The zero-order chi connectivity index (χ0) is 15.5. The summed E-state index contributed by atoms with van der Waals surface area (Å²) in [5.74, 6) is 0.518. The predicted molar refractivity (Wildman–Crippen MR) is 83.6 cm³/mol. The number of hydrogen-bond donors (Lipinski definition) is 1. The van der Waals surface area contributed by atoms with Crippen molar-refractivity contribution in [1.82, 2.24) is 19.7 Å². The molecule has 1 aromatic carbocycles. The van der Waals surface area contributed by atoms with Gasteiger partial charge in [-0.05, 0) is 43.0 Å². The highest BCUT2D eigenvalue weighted by Crippen LogP contribution is 2.24. The van der Waals surface area contributed by atoms with E-state index in [1.165, 1.54) is 6.33 Å². The molecule has 2 N–H and O–H groups in total. The van der Waals surface area contributed by atoms with Crippen LogP contribution in [0.2, 0.25) is 0 Å². The summed E-state index contributed by atoms with van der Waals surface area (Å²) in [6.45, 7) is 3.48. The normalized spacial score (nSPS) is 21.8. The lowest BCUT2D eigenvalue weighted by molar-refractivity contribution is 0.0532. The number of carbonyl (C=O) groups excluding carboxylic acids is 1. The van der Waals surface area contributed by atoms with Gasteiger partial charge in [0, 0.05) is 24.7 Å². The lowest BCUT2D eigenvalue weighted by Crippen LogP contribution is -2.51. The summed E-state index contributed by atoms with van der Waals surface area (Å²) in [5, 5.41) is 4.08. The largest absolute Gasteiger partial charge is 0.334 e. The van der Waals surface area contributed by atoms with Gasteiger partial charge in [0.2, 0.25) is 0 Å². The Balaban J connectivity index is 1.79. The van der Waals surface area contributed by atoms with Crippen LogP contribution in [0.1, 0.15) is 30.1 Å². The predicted octanol–water partition coefficient (Wildman–Crippen LogP) is 1.47. The van der Waals surface area contributed by atoms with Crippen molar-refractivity contribution in [1.29, 1.82) is 0 Å². The van der Waals surface area contributed by atoms with E-state index in [-0.39, 0.29) is 11.9 Å². The quantitative estimate of drug-likeness (QED) is 0.931. The Morgan fingerprint density at radius 3 is 2.77 bits per heavy atom. The summed E-state index contributed by atoms with van der Waals surface area (Å²) in [4.78, 5) is 18.6. The SMILES string of the molecule is C[C@H]1CCCN(C(=O)c2ccc(-n3cncn3)cc2)[C@@H]1CN. The fraction of sp³-hybridized carbons (Fsp3) is 0.438. The summed E-state index contributed by atoms with van der Waals surface area (Å²) in [6, 6.07) is 7.58. The highest BCUT2D eigenvalue weighted by Gasteiger charge is 2.31. The van der Waals surface area contributed by atoms with Gasteiger partial charge in [-0.15, -0.1) is 0 Å². The van der Waals surface area contributed by atoms with Gasteiger partial charge in [-0.3, -0.25) is 4.79 Å². The van der Waals surface area contributed by atoms with E-state index in [0.29, 0.717) is 18.0 Å². The van der Waals surface area contributed by atoms with Gasteiger partial charge in [0.25, 0.3) is 5.91 Å². The fourth-order valence-electron chi connectivity index (χ4n) is 3.12. The maximum Gasteiger partial charge on any atom is 0.254 e. The van der Waals surface area contributed by atoms with Crippen LogP contribution >= 0.6 is 0 Å². The van der Waals surface area contributed by atoms with Gasteiger partial charge < -0.3 is 10.6 Å². The smallest absolute Gasteiger partial charge is 0.254 e. The van der Waals surface area contributed by atoms with Crippen LogP contribution in [0, 0.1) is 5.92 Å². The maximum absolute atomic E-state index is 12.7. The van der Waals surface area contributed by atoms with Crippen LogP contribution in [0.15, 0.2) is 36.9 Å². The Bertz CT molecular complexity index is 622. The summed E-state index contributed by atoms with van der Waals surface area (Å²) in [6.07, 6.45) is 5.30. The molecule has 0 radical (unpaired) electrons. The Labute approximate surface area is 129 Å². The first-order valence-corrected chi connectivity index (χ1v) is 7.67. The number of aromatic nitrogens is 3. The van der Waals surface area contributed by atoms with Crippen LogP contribution in [-0.4, -0.2) is 44.7 Å². The van der Waals surface area contributed by atoms with Gasteiger partial charge in [-0.2, -0.15) is 5.10 Å². The minimum atomic E-state index is 0.0622. The topological polar surface area (TPSA) is 77.0 Å². The molecule has 0 bridgehead atoms. The number of nitrogens with zero attached hydrogens (tertiary/aromatic N) is 4. The molecule has 1 saturated heterocycles. The van der Waals surface area contributed by atoms with Crippen molar-refractivity contribution in [3.05, 3.63) is 42.5 Å². The molecule has 0 unspecified atom stereocenters. The Kier molecular flexibility index (Phi) is 4.20. The Morgan fingerprint density at radius 1 is 1.36 bits per heavy atom. The van der Waals surface area contributed by atoms with Crippen LogP contribution in [0.3, 0.4) is 0 Å². The molecule has 1 aliphatic rings. The number of benzene rings is 1. The van der Waals surface area contributed by atoms with Crippen molar-refractivity contribution in [3.63, 3.8) is 0 Å². The van der Waals surface area contributed by atoms with E-state index < -0.39 is 0 Å². The van der Waals surface area contributed by atoms with Crippen LogP contribution < -0.4 is 5.73 Å². The van der Waals surface area contributed by atoms with Crippen molar-refractivity contribution >= 4 is 5.91 Å². The summed E-state index contributed by atoms with van der Waals surface area (Å²) in [5.41, 5.74) is 7.45. The summed E-state index contributed by atoms with van der Waals surface area (Å²) in [7, 11) is 0. The minimum Gasteiger partial charge on any atom is -0.334 e. The number of likely N-dealkylation sites (tertiary alicyclic amines) is 1. The van der Waals surface area contributed by atoms with E-state index in [1.807, 2.05) is 29.2 Å². The van der Waals surface area contributed by atoms with Crippen LogP contribution in [0.4, 0.5) is 0 Å². The first kappa shape index (κ1) is 14.7. The molecule has 2 aromatic rings. The summed E-state index contributed by atoms with van der Waals surface area (Å²) >= 11 is 0. The molecular formula is C16H21N5O. The second-order valence-electron chi connectivity index (χ2n) is 5.81. The second kappa shape index (κ2) is 6.27. The third-order valence-corrected chi connectivity index (χ3v) is 4.42. The molecule has 6 heteroatoms. The van der Waals surface area contributed by atoms with E-state index >= 15 is 0 Å². The van der Waals surface area contributed by atoms with Crippen molar-refractivity contribution in [2.45, 2.75) is 25.8 Å². The van der Waals surface area contributed by atoms with Gasteiger partial charge in [-0.25, -0.2) is 9.67 Å². The maximum atomic E-state index is 12.7. The number of hydrogen-bond acceptors (Lipinski definition) is 4. The average molecular weight is 299 g/mol. The standard InChI is InChI=1S/C16H21N5O/c1-12-3-2-8-20(15(12)9-17)16(22)13-4-6-14(7-5-13)21-11-18-10-19-21/h4-7,10-12,15H,2-3,8-9,17H2,1H3/t12-,15+/m0/s1. The van der Waals surface area contributed by atoms with E-state index in [0.717, 1.165) is 25.1 Å². The molecule has 116 valence electrons. The molecule has 22 heavy (non-hydrogen) atoms. The highest BCUT2D eigenvalue weighted by molar-refractivity contribution is 5.94. The number of nitrogens with two attached hydrogens (primary N) is 1. The third kappa shape index (κ3) is 2.74. The van der Waals surface area contributed by atoms with Crippen molar-refractivity contribution in [2.24, 2.45) is 11.7 Å². The fourth-order valence-corrected chi connectivity index (χ4v) is 3.12. The lowest BCUT2D eigenvalue weighted by Gasteiger charge is -2.39. The van der Waals surface area contributed by atoms with Crippen LogP contribution in [0.5, 0.6) is 0 Å². The third-order valence-electron chi connectivity index (χ3n) is 4.42. The van der Waals surface area contributed by atoms with Crippen LogP contribution in [-0.2, 0) is 0 Å². The van der Waals surface area contributed by atoms with Gasteiger partial charge in [0.15, 0.2) is 0 Å². The number of rotatable bonds is 3. The molecule has 2 heterocycles. The molecule has 3 rings (SSSR count). The van der Waals surface area contributed by atoms with E-state index in [4.69, 9.17) is 5.73 Å². The average Bonchev–Trinajstić information content (AvgIpc) is 3.08. The minimum absolute atomic E-state index is 0.0622. The summed E-state index contributed by atoms with van der Waals surface area (Å²) < 4.78 is 1.67. The monoisotopic (exact) mass is 299 g/mol. The van der Waals surface area contributed by atoms with Gasteiger partial charge in [0.05, 0.1) is 5.69 Å². The highest BCUT2D eigenvalue weighted by atomic mass is 16.2. The van der Waals surface area contributed by atoms with Gasteiger partial charge in [0.1, 0.15) is 12.7 Å². The molecule has 0 saturated carbocycles. The second-order valence-corrected chi connectivity index (χ2v) is 5.81. The van der Waals surface area contributed by atoms with Crippen molar-refractivity contribution < 1.29 is 4.79 Å². The zero-order valence-corrected chi connectivity index (χ0v) is 12.7. The van der Waals surface area contributed by atoms with E-state index in [9.17, 15) is 4.79 Å². The van der Waals surface area contributed by atoms with Crippen LogP contribution in [0.25, 0.3) is 5.69 Å². The molecule has 0 aliphatic carbocycles. The number of piperidine rings is 1. The van der Waals surface area contributed by atoms with Gasteiger partial charge in [-0.1, -0.05) is 6.92 Å². The Morgan fingerprint density at radius 2 is 2.14 bits per heavy atom. The van der Waals surface area contributed by atoms with E-state index in [1.54, 1.807) is 11.0 Å². The molecule has 6 nitrogen and oxygen atoms in total. The first-order chi connectivity index (χ1) is 10.7.